The predicted molar refractivity (Wildman–Crippen MR) is 93.5 cm³/mol. The van der Waals surface area contributed by atoms with Gasteiger partial charge in [-0.05, 0) is 43.4 Å². The molecule has 1 spiro atoms. The third-order valence-corrected chi connectivity index (χ3v) is 5.89. The lowest BCUT2D eigenvalue weighted by molar-refractivity contribution is -0.129. The van der Waals surface area contributed by atoms with Gasteiger partial charge in [-0.2, -0.15) is 0 Å². The Balaban J connectivity index is 1.28. The van der Waals surface area contributed by atoms with E-state index < -0.39 is 0 Å². The van der Waals surface area contributed by atoms with Gasteiger partial charge >= 0.3 is 0 Å². The molecule has 0 aliphatic carbocycles. The summed E-state index contributed by atoms with van der Waals surface area (Å²) in [6, 6.07) is 5.86. The van der Waals surface area contributed by atoms with E-state index in [2.05, 4.69) is 0 Å². The number of rotatable bonds is 5. The molecule has 3 aliphatic rings. The van der Waals surface area contributed by atoms with Crippen molar-refractivity contribution in [1.82, 2.24) is 4.90 Å². The minimum atomic E-state index is -0.386. The molecule has 0 unspecified atom stereocenters. The zero-order chi connectivity index (χ0) is 18.0. The van der Waals surface area contributed by atoms with Crippen LogP contribution in [0.4, 0.5) is 4.39 Å². The molecule has 3 heterocycles. The highest BCUT2D eigenvalue weighted by Gasteiger charge is 2.54. The molecule has 3 aliphatic heterocycles. The number of hydrogen-bond acceptors (Lipinski definition) is 4. The summed E-state index contributed by atoms with van der Waals surface area (Å²) in [4.78, 5) is 14.2. The van der Waals surface area contributed by atoms with Crippen LogP contribution in [-0.2, 0) is 14.2 Å². The Morgan fingerprint density at radius 1 is 1.19 bits per heavy atom. The summed E-state index contributed by atoms with van der Waals surface area (Å²) in [5.74, 6) is 0.392. The number of carbonyl (C=O) groups excluding carboxylic acids is 1. The van der Waals surface area contributed by atoms with E-state index in [4.69, 9.17) is 14.2 Å². The van der Waals surface area contributed by atoms with Gasteiger partial charge in [0.05, 0.1) is 19.7 Å². The maximum absolute atomic E-state index is 13.3. The van der Waals surface area contributed by atoms with Gasteiger partial charge in [-0.3, -0.25) is 4.79 Å². The van der Waals surface area contributed by atoms with E-state index in [1.807, 2.05) is 0 Å². The number of nitrogens with zero attached hydrogens (tertiary/aromatic N) is 1. The Labute approximate surface area is 153 Å². The van der Waals surface area contributed by atoms with E-state index in [0.717, 1.165) is 39.1 Å². The number of benzene rings is 1. The number of hydrogen-bond donors (Lipinski definition) is 0. The maximum atomic E-state index is 13.3. The summed E-state index contributed by atoms with van der Waals surface area (Å²) in [6.45, 7) is 4.97. The van der Waals surface area contributed by atoms with E-state index >= 15 is 0 Å². The summed E-state index contributed by atoms with van der Waals surface area (Å²) >= 11 is 0. The highest BCUT2D eigenvalue weighted by Crippen LogP contribution is 2.40. The molecule has 0 radical (unpaired) electrons. The van der Waals surface area contributed by atoms with Crippen LogP contribution in [-0.4, -0.2) is 62.5 Å². The minimum absolute atomic E-state index is 0.132. The van der Waals surface area contributed by atoms with E-state index in [-0.39, 0.29) is 17.3 Å². The molecule has 0 saturated carbocycles. The molecule has 1 aromatic carbocycles. The molecule has 6 heteroatoms. The molecule has 1 amide bonds. The Kier molecular flexibility index (Phi) is 5.25. The average Bonchev–Trinajstić information content (AvgIpc) is 3.05. The first-order valence-electron chi connectivity index (χ1n) is 9.51. The van der Waals surface area contributed by atoms with Crippen molar-refractivity contribution in [1.29, 1.82) is 0 Å². The monoisotopic (exact) mass is 363 g/mol. The van der Waals surface area contributed by atoms with Gasteiger partial charge in [-0.25, -0.2) is 4.39 Å². The van der Waals surface area contributed by atoms with Crippen LogP contribution in [0.5, 0.6) is 0 Å². The molecule has 5 nitrogen and oxygen atoms in total. The van der Waals surface area contributed by atoms with Crippen LogP contribution < -0.4 is 0 Å². The number of likely N-dealkylation sites (tertiary alicyclic amines) is 1. The summed E-state index contributed by atoms with van der Waals surface area (Å²) in [7, 11) is 0. The van der Waals surface area contributed by atoms with Crippen LogP contribution in [0.1, 0.15) is 29.6 Å². The third-order valence-electron chi connectivity index (χ3n) is 5.89. The van der Waals surface area contributed by atoms with Gasteiger partial charge in [-0.1, -0.05) is 6.07 Å². The largest absolute Gasteiger partial charge is 0.381 e. The summed E-state index contributed by atoms with van der Waals surface area (Å²) < 4.78 is 30.7. The van der Waals surface area contributed by atoms with Crippen LogP contribution in [0.15, 0.2) is 24.3 Å². The van der Waals surface area contributed by atoms with Crippen molar-refractivity contribution in [2.24, 2.45) is 11.8 Å². The molecule has 0 N–H and O–H groups in total. The molecular formula is C20H26FNO4. The molecule has 0 aromatic heterocycles. The van der Waals surface area contributed by atoms with Crippen LogP contribution in [0.3, 0.4) is 0 Å². The van der Waals surface area contributed by atoms with Crippen LogP contribution in [0.2, 0.25) is 0 Å². The van der Waals surface area contributed by atoms with Gasteiger partial charge < -0.3 is 19.1 Å². The second-order valence-electron chi connectivity index (χ2n) is 7.66. The first-order valence-corrected chi connectivity index (χ1v) is 9.51. The van der Waals surface area contributed by atoms with Crippen molar-refractivity contribution < 1.29 is 23.4 Å². The molecular weight excluding hydrogens is 337 g/mol. The fraction of sp³-hybridized carbons (Fsp3) is 0.650. The van der Waals surface area contributed by atoms with Crippen LogP contribution >= 0.6 is 0 Å². The maximum Gasteiger partial charge on any atom is 0.254 e. The predicted octanol–water partition coefficient (Wildman–Crippen LogP) is 2.50. The highest BCUT2D eigenvalue weighted by molar-refractivity contribution is 5.95. The first kappa shape index (κ1) is 17.9. The van der Waals surface area contributed by atoms with Crippen LogP contribution in [0, 0.1) is 17.7 Å². The fourth-order valence-corrected chi connectivity index (χ4v) is 4.21. The van der Waals surface area contributed by atoms with Crippen molar-refractivity contribution in [3.63, 3.8) is 0 Å². The lowest BCUT2D eigenvalue weighted by atomic mass is 9.81. The summed E-state index contributed by atoms with van der Waals surface area (Å²) in [5.41, 5.74) is 0.115. The molecule has 0 bridgehead atoms. The minimum Gasteiger partial charge on any atom is -0.381 e. The van der Waals surface area contributed by atoms with Gasteiger partial charge in [0.2, 0.25) is 0 Å². The summed E-state index contributed by atoms with van der Waals surface area (Å²) in [5, 5.41) is 0. The second-order valence-corrected chi connectivity index (χ2v) is 7.66. The van der Waals surface area contributed by atoms with E-state index in [1.54, 1.807) is 17.0 Å². The van der Waals surface area contributed by atoms with E-state index in [1.165, 1.54) is 12.1 Å². The molecule has 1 aromatic rings. The molecule has 3 fully saturated rings. The lowest BCUT2D eigenvalue weighted by Crippen LogP contribution is -2.66. The first-order chi connectivity index (χ1) is 12.7. The molecule has 4 rings (SSSR count). The van der Waals surface area contributed by atoms with Crippen molar-refractivity contribution >= 4 is 5.91 Å². The molecule has 1 atom stereocenters. The number of halogens is 1. The van der Waals surface area contributed by atoms with Crippen molar-refractivity contribution in [3.05, 3.63) is 35.6 Å². The van der Waals surface area contributed by atoms with Gasteiger partial charge in [-0.15, -0.1) is 0 Å². The van der Waals surface area contributed by atoms with Gasteiger partial charge in [0, 0.05) is 37.9 Å². The Morgan fingerprint density at radius 3 is 2.77 bits per heavy atom. The number of ether oxygens (including phenoxy) is 3. The zero-order valence-corrected chi connectivity index (χ0v) is 15.0. The quantitative estimate of drug-likeness (QED) is 0.807. The molecule has 3 saturated heterocycles. The number of carbonyl (C=O) groups is 1. The standard InChI is InChI=1S/C20H26FNO4/c21-18-3-1-2-16(10-18)19(23)22-13-20(14-22)17(6-9-26-20)12-25-11-15-4-7-24-8-5-15/h1-3,10,15,17H,4-9,11-14H2/t17-/m1/s1. The Bertz CT molecular complexity index is 640. The van der Waals surface area contributed by atoms with Gasteiger partial charge in [0.15, 0.2) is 0 Å². The third kappa shape index (κ3) is 3.63. The normalized spacial score (nSPS) is 25.4. The molecule has 142 valence electrons. The lowest BCUT2D eigenvalue weighted by Gasteiger charge is -2.50. The topological polar surface area (TPSA) is 48.0 Å². The zero-order valence-electron chi connectivity index (χ0n) is 15.0. The van der Waals surface area contributed by atoms with Crippen LogP contribution in [0.25, 0.3) is 0 Å². The molecule has 26 heavy (non-hydrogen) atoms. The van der Waals surface area contributed by atoms with E-state index in [0.29, 0.717) is 43.7 Å². The van der Waals surface area contributed by atoms with Gasteiger partial charge in [0.1, 0.15) is 11.4 Å². The average molecular weight is 363 g/mol. The smallest absolute Gasteiger partial charge is 0.254 e. The van der Waals surface area contributed by atoms with Crippen molar-refractivity contribution in [2.45, 2.75) is 24.9 Å². The van der Waals surface area contributed by atoms with Crippen molar-refractivity contribution in [2.75, 3.05) is 46.1 Å². The van der Waals surface area contributed by atoms with E-state index in [9.17, 15) is 9.18 Å². The second kappa shape index (κ2) is 7.62. The number of amides is 1. The Hall–Kier alpha value is -1.50. The summed E-state index contributed by atoms with van der Waals surface area (Å²) in [6.07, 6.45) is 3.11. The SMILES string of the molecule is O=C(c1cccc(F)c1)N1CC2(C1)OCC[C@@H]2COCC1CCOCC1. The van der Waals surface area contributed by atoms with Crippen molar-refractivity contribution in [3.8, 4) is 0 Å². The Morgan fingerprint density at radius 2 is 2.00 bits per heavy atom. The highest BCUT2D eigenvalue weighted by atomic mass is 19.1. The fourth-order valence-electron chi connectivity index (χ4n) is 4.21. The van der Waals surface area contributed by atoms with Gasteiger partial charge in [0.25, 0.3) is 5.91 Å².